The molecule has 2 aliphatic rings. The molecule has 1 aromatic carbocycles. The minimum absolute atomic E-state index is 0.804. The topological polar surface area (TPSA) is 0 Å². The Kier molecular flexibility index (Phi) is 6.35. The van der Waals surface area contributed by atoms with Gasteiger partial charge in [0.2, 0.25) is 0 Å². The van der Waals surface area contributed by atoms with Gasteiger partial charge < -0.3 is 0 Å². The predicted molar refractivity (Wildman–Crippen MR) is 105 cm³/mol. The van der Waals surface area contributed by atoms with Crippen molar-refractivity contribution in [3.05, 3.63) is 59.7 Å². The van der Waals surface area contributed by atoms with Gasteiger partial charge in [0.05, 0.1) is 0 Å². The van der Waals surface area contributed by atoms with Crippen LogP contribution in [0.15, 0.2) is 48.6 Å². The van der Waals surface area contributed by atoms with Gasteiger partial charge in [0.15, 0.2) is 0 Å². The third-order valence-corrected chi connectivity index (χ3v) is 6.37. The molecule has 24 heavy (non-hydrogen) atoms. The highest BCUT2D eigenvalue weighted by Gasteiger charge is 2.23. The summed E-state index contributed by atoms with van der Waals surface area (Å²) in [4.78, 5) is 0. The monoisotopic (exact) mass is 322 g/mol. The fraction of sp³-hybridized carbons (Fsp3) is 0.583. The second-order valence-corrected chi connectivity index (χ2v) is 8.10. The SMILES string of the molecule is C=CC1CCC(CC2CC=C(Cc3ccc(CC)cc3)CC2)CC1. The van der Waals surface area contributed by atoms with Crippen molar-refractivity contribution < 1.29 is 0 Å². The van der Waals surface area contributed by atoms with Crippen LogP contribution in [0.3, 0.4) is 0 Å². The van der Waals surface area contributed by atoms with E-state index < -0.39 is 0 Å². The molecule has 2 aliphatic carbocycles. The summed E-state index contributed by atoms with van der Waals surface area (Å²) in [6.45, 7) is 6.19. The molecule has 1 unspecified atom stereocenters. The van der Waals surface area contributed by atoms with Gasteiger partial charge in [-0.25, -0.2) is 0 Å². The maximum absolute atomic E-state index is 3.97. The van der Waals surface area contributed by atoms with Crippen LogP contribution in [0.2, 0.25) is 0 Å². The summed E-state index contributed by atoms with van der Waals surface area (Å²) in [7, 11) is 0. The molecule has 1 saturated carbocycles. The highest BCUT2D eigenvalue weighted by molar-refractivity contribution is 5.27. The first kappa shape index (κ1) is 17.5. The molecule has 0 radical (unpaired) electrons. The van der Waals surface area contributed by atoms with Crippen molar-refractivity contribution >= 4 is 0 Å². The molecule has 0 heterocycles. The highest BCUT2D eigenvalue weighted by Crippen LogP contribution is 2.37. The normalized spacial score (nSPS) is 27.5. The summed E-state index contributed by atoms with van der Waals surface area (Å²) >= 11 is 0. The Hall–Kier alpha value is -1.30. The summed E-state index contributed by atoms with van der Waals surface area (Å²) < 4.78 is 0. The van der Waals surface area contributed by atoms with Crippen LogP contribution in [-0.4, -0.2) is 0 Å². The van der Waals surface area contributed by atoms with Crippen LogP contribution in [0.5, 0.6) is 0 Å². The zero-order valence-corrected chi connectivity index (χ0v) is 15.5. The molecule has 0 aliphatic heterocycles. The van der Waals surface area contributed by atoms with Crippen molar-refractivity contribution in [2.24, 2.45) is 17.8 Å². The molecule has 0 N–H and O–H groups in total. The van der Waals surface area contributed by atoms with Gasteiger partial charge in [-0.15, -0.1) is 6.58 Å². The molecule has 0 spiro atoms. The van der Waals surface area contributed by atoms with E-state index in [0.717, 1.165) is 24.2 Å². The van der Waals surface area contributed by atoms with Gasteiger partial charge in [0.25, 0.3) is 0 Å². The van der Waals surface area contributed by atoms with Crippen molar-refractivity contribution in [1.82, 2.24) is 0 Å². The molecule has 130 valence electrons. The Balaban J connectivity index is 1.44. The summed E-state index contributed by atoms with van der Waals surface area (Å²) in [5.41, 5.74) is 4.60. The fourth-order valence-corrected chi connectivity index (χ4v) is 4.60. The zero-order valence-electron chi connectivity index (χ0n) is 15.5. The van der Waals surface area contributed by atoms with Gasteiger partial charge >= 0.3 is 0 Å². The lowest BCUT2D eigenvalue weighted by Crippen LogP contribution is -2.17. The molecular weight excluding hydrogens is 288 g/mol. The molecule has 0 nitrogen and oxygen atoms in total. The molecular formula is C24H34. The van der Waals surface area contributed by atoms with Crippen LogP contribution in [0.4, 0.5) is 0 Å². The largest absolute Gasteiger partial charge is 0.103 e. The Bertz CT molecular complexity index is 540. The standard InChI is InChI=1S/C24H34/c1-3-19-5-9-21(10-6-19)17-23-13-15-24(16-14-23)18-22-11-7-20(4-2)8-12-22/h3,7-8,11-12,15,19,21,23H,1,4-6,9-10,13-14,16-18H2,2H3. The lowest BCUT2D eigenvalue weighted by molar-refractivity contribution is 0.250. The van der Waals surface area contributed by atoms with E-state index in [-0.39, 0.29) is 0 Å². The second-order valence-electron chi connectivity index (χ2n) is 8.10. The number of hydrogen-bond donors (Lipinski definition) is 0. The molecule has 0 heteroatoms. The van der Waals surface area contributed by atoms with Gasteiger partial charge in [-0.05, 0) is 93.1 Å². The predicted octanol–water partition coefficient (Wildman–Crippen LogP) is 6.90. The summed E-state index contributed by atoms with van der Waals surface area (Å²) in [5.74, 6) is 2.74. The average Bonchev–Trinajstić information content (AvgIpc) is 2.65. The van der Waals surface area contributed by atoms with Crippen LogP contribution in [0.25, 0.3) is 0 Å². The van der Waals surface area contributed by atoms with E-state index in [4.69, 9.17) is 0 Å². The molecule has 1 atom stereocenters. The molecule has 0 bridgehead atoms. The lowest BCUT2D eigenvalue weighted by atomic mass is 9.75. The van der Waals surface area contributed by atoms with E-state index in [1.165, 1.54) is 68.9 Å². The quantitative estimate of drug-likeness (QED) is 0.500. The summed E-state index contributed by atoms with van der Waals surface area (Å²) in [5, 5.41) is 0. The van der Waals surface area contributed by atoms with Crippen molar-refractivity contribution in [1.29, 1.82) is 0 Å². The van der Waals surface area contributed by atoms with E-state index in [2.05, 4.69) is 49.9 Å². The second kappa shape index (κ2) is 8.70. The van der Waals surface area contributed by atoms with E-state index in [9.17, 15) is 0 Å². The minimum atomic E-state index is 0.804. The van der Waals surface area contributed by atoms with Crippen LogP contribution in [0.1, 0.15) is 69.4 Å². The zero-order chi connectivity index (χ0) is 16.8. The maximum atomic E-state index is 3.97. The van der Waals surface area contributed by atoms with Crippen LogP contribution in [-0.2, 0) is 12.8 Å². The molecule has 0 saturated heterocycles. The third kappa shape index (κ3) is 4.85. The molecule has 1 aromatic rings. The molecule has 3 rings (SSSR count). The first-order valence-corrected chi connectivity index (χ1v) is 10.1. The summed E-state index contributed by atoms with van der Waals surface area (Å²) in [6, 6.07) is 9.23. The van der Waals surface area contributed by atoms with Crippen LogP contribution < -0.4 is 0 Å². The fourth-order valence-electron chi connectivity index (χ4n) is 4.60. The molecule has 0 amide bonds. The van der Waals surface area contributed by atoms with Crippen LogP contribution >= 0.6 is 0 Å². The maximum Gasteiger partial charge on any atom is -0.00671 e. The minimum Gasteiger partial charge on any atom is -0.103 e. The van der Waals surface area contributed by atoms with Crippen LogP contribution in [0, 0.1) is 17.8 Å². The first-order chi connectivity index (χ1) is 11.8. The van der Waals surface area contributed by atoms with Gasteiger partial charge in [-0.3, -0.25) is 0 Å². The van der Waals surface area contributed by atoms with Crippen molar-refractivity contribution in [3.8, 4) is 0 Å². The number of rotatable bonds is 6. The Labute approximate surface area is 149 Å². The lowest BCUT2D eigenvalue weighted by Gasteiger charge is -2.31. The Morgan fingerprint density at radius 2 is 1.67 bits per heavy atom. The smallest absolute Gasteiger partial charge is 0.00671 e. The van der Waals surface area contributed by atoms with Gasteiger partial charge in [0, 0.05) is 0 Å². The highest BCUT2D eigenvalue weighted by atomic mass is 14.3. The number of aryl methyl sites for hydroxylation is 1. The first-order valence-electron chi connectivity index (χ1n) is 10.1. The Morgan fingerprint density at radius 3 is 2.25 bits per heavy atom. The van der Waals surface area contributed by atoms with E-state index >= 15 is 0 Å². The van der Waals surface area contributed by atoms with E-state index in [0.29, 0.717) is 0 Å². The molecule has 1 fully saturated rings. The summed E-state index contributed by atoms with van der Waals surface area (Å²) in [6.07, 6.45) is 18.2. The van der Waals surface area contributed by atoms with Gasteiger partial charge in [-0.1, -0.05) is 48.9 Å². The average molecular weight is 323 g/mol. The number of benzene rings is 1. The number of hydrogen-bond acceptors (Lipinski definition) is 0. The van der Waals surface area contributed by atoms with E-state index in [1.54, 1.807) is 5.57 Å². The van der Waals surface area contributed by atoms with Crippen molar-refractivity contribution in [3.63, 3.8) is 0 Å². The van der Waals surface area contributed by atoms with Crippen molar-refractivity contribution in [2.75, 3.05) is 0 Å². The van der Waals surface area contributed by atoms with Gasteiger partial charge in [-0.2, -0.15) is 0 Å². The third-order valence-electron chi connectivity index (χ3n) is 6.37. The molecule has 0 aromatic heterocycles. The van der Waals surface area contributed by atoms with Gasteiger partial charge in [0.1, 0.15) is 0 Å². The van der Waals surface area contributed by atoms with E-state index in [1.807, 2.05) is 0 Å². The van der Waals surface area contributed by atoms with Crippen molar-refractivity contribution in [2.45, 2.75) is 71.1 Å². The number of allylic oxidation sites excluding steroid dienone is 3. The Morgan fingerprint density at radius 1 is 0.958 bits per heavy atom.